The summed E-state index contributed by atoms with van der Waals surface area (Å²) in [5.74, 6) is -1.64. The molecule has 0 N–H and O–H groups in total. The number of aryl methyl sites for hydroxylation is 1. The van der Waals surface area contributed by atoms with E-state index in [1.165, 1.54) is 0 Å². The summed E-state index contributed by atoms with van der Waals surface area (Å²) in [5, 5.41) is 0.784. The van der Waals surface area contributed by atoms with Gasteiger partial charge in [0.05, 0.1) is 11.1 Å². The average Bonchev–Trinajstić information content (AvgIpc) is 3.09. The first kappa shape index (κ1) is 16.5. The third-order valence-electron chi connectivity index (χ3n) is 4.29. The van der Waals surface area contributed by atoms with E-state index in [0.29, 0.717) is 22.3 Å². The minimum atomic E-state index is -0.730. The number of nitrogens with zero attached hydrogens (tertiary/aromatic N) is 1. The number of hydrogen-bond donors (Lipinski definition) is 0. The molecule has 0 fully saturated rings. The van der Waals surface area contributed by atoms with Crippen molar-refractivity contribution >= 4 is 44.7 Å². The van der Waals surface area contributed by atoms with Crippen LogP contribution < -0.4 is 0 Å². The number of fused-ring (bicyclic) bond motifs is 2. The molecule has 6 nitrogen and oxygen atoms in total. The minimum Gasteiger partial charge on any atom is -0.449 e. The Balaban J connectivity index is 1.54. The van der Waals surface area contributed by atoms with Crippen LogP contribution in [0.3, 0.4) is 0 Å². The maximum absolute atomic E-state index is 12.4. The highest BCUT2D eigenvalue weighted by molar-refractivity contribution is 9.10. The Bertz CT molecular complexity index is 1050. The van der Waals surface area contributed by atoms with Crippen LogP contribution in [0.15, 0.2) is 51.4 Å². The summed E-state index contributed by atoms with van der Waals surface area (Å²) in [6.45, 7) is 1.28. The lowest BCUT2D eigenvalue weighted by atomic mass is 10.1. The van der Waals surface area contributed by atoms with E-state index in [1.807, 2.05) is 6.07 Å². The summed E-state index contributed by atoms with van der Waals surface area (Å²) in [7, 11) is 0. The third-order valence-corrected chi connectivity index (χ3v) is 4.78. The fourth-order valence-corrected chi connectivity index (χ4v) is 3.29. The van der Waals surface area contributed by atoms with Gasteiger partial charge in [-0.3, -0.25) is 9.59 Å². The number of rotatable bonds is 3. The van der Waals surface area contributed by atoms with E-state index in [2.05, 4.69) is 15.9 Å². The molecule has 1 aliphatic rings. The van der Waals surface area contributed by atoms with E-state index in [0.717, 1.165) is 14.8 Å². The molecule has 4 rings (SSSR count). The maximum atomic E-state index is 12.4. The van der Waals surface area contributed by atoms with Crippen LogP contribution in [-0.4, -0.2) is 29.4 Å². The van der Waals surface area contributed by atoms with Crippen molar-refractivity contribution in [3.05, 3.63) is 69.4 Å². The molecule has 0 atom stereocenters. The lowest BCUT2D eigenvalue weighted by molar-refractivity contribution is 0.0205. The number of hydrogen-bond acceptors (Lipinski definition) is 5. The van der Waals surface area contributed by atoms with Crippen LogP contribution in [0.25, 0.3) is 11.0 Å². The molecule has 1 aliphatic heterocycles. The molecule has 2 aromatic carbocycles. The first-order chi connectivity index (χ1) is 12.5. The van der Waals surface area contributed by atoms with Gasteiger partial charge < -0.3 is 9.15 Å². The molecule has 2 amide bonds. The predicted molar refractivity (Wildman–Crippen MR) is 95.9 cm³/mol. The quantitative estimate of drug-likeness (QED) is 0.480. The van der Waals surface area contributed by atoms with Gasteiger partial charge >= 0.3 is 5.97 Å². The normalized spacial score (nSPS) is 13.4. The molecule has 1 aromatic heterocycles. The van der Waals surface area contributed by atoms with Gasteiger partial charge in [0, 0.05) is 15.4 Å². The zero-order valence-corrected chi connectivity index (χ0v) is 15.2. The lowest BCUT2D eigenvalue weighted by Crippen LogP contribution is -2.33. The highest BCUT2D eigenvalue weighted by Gasteiger charge is 2.36. The zero-order valence-electron chi connectivity index (χ0n) is 13.6. The van der Waals surface area contributed by atoms with Gasteiger partial charge in [-0.05, 0) is 37.3 Å². The fourth-order valence-electron chi connectivity index (χ4n) is 2.93. The van der Waals surface area contributed by atoms with Gasteiger partial charge in [0.1, 0.15) is 5.58 Å². The molecule has 26 heavy (non-hydrogen) atoms. The third kappa shape index (κ3) is 2.52. The molecule has 7 heteroatoms. The Morgan fingerprint density at radius 2 is 1.77 bits per heavy atom. The van der Waals surface area contributed by atoms with E-state index in [4.69, 9.17) is 9.15 Å². The largest absolute Gasteiger partial charge is 0.449 e. The number of carbonyl (C=O) groups excluding carboxylic acids is 3. The lowest BCUT2D eigenvalue weighted by Gasteiger charge is -2.13. The second kappa shape index (κ2) is 6.10. The number of carbonyl (C=O) groups is 3. The van der Waals surface area contributed by atoms with Crippen molar-refractivity contribution in [2.45, 2.75) is 6.92 Å². The van der Waals surface area contributed by atoms with E-state index in [9.17, 15) is 14.4 Å². The zero-order chi connectivity index (χ0) is 18.4. The van der Waals surface area contributed by atoms with Crippen molar-refractivity contribution in [3.8, 4) is 0 Å². The van der Waals surface area contributed by atoms with Gasteiger partial charge in [0.2, 0.25) is 5.76 Å². The van der Waals surface area contributed by atoms with Crippen molar-refractivity contribution in [1.82, 2.24) is 4.90 Å². The number of benzene rings is 2. The Labute approximate surface area is 156 Å². The van der Waals surface area contributed by atoms with Gasteiger partial charge in [-0.25, -0.2) is 9.69 Å². The van der Waals surface area contributed by atoms with Gasteiger partial charge in [-0.15, -0.1) is 0 Å². The topological polar surface area (TPSA) is 76.8 Å². The monoisotopic (exact) mass is 413 g/mol. The molecule has 0 aliphatic carbocycles. The van der Waals surface area contributed by atoms with Crippen LogP contribution in [0.2, 0.25) is 0 Å². The number of furan rings is 1. The number of esters is 1. The van der Waals surface area contributed by atoms with Crippen LogP contribution in [0, 0.1) is 6.92 Å². The minimum absolute atomic E-state index is 0.0507. The second-order valence-electron chi connectivity index (χ2n) is 5.84. The molecule has 2 heterocycles. The van der Waals surface area contributed by atoms with Crippen LogP contribution in [0.5, 0.6) is 0 Å². The average molecular weight is 414 g/mol. The number of amides is 2. The number of halogens is 1. The van der Waals surface area contributed by atoms with Crippen LogP contribution >= 0.6 is 15.9 Å². The standard InChI is InChI=1S/C19H12BrNO5/c1-10-14-8-11(20)6-7-15(14)26-16(10)19(24)25-9-21-17(22)12-4-2-3-5-13(12)18(21)23/h2-8H,9H2,1H3. The number of ether oxygens (including phenoxy) is 1. The summed E-state index contributed by atoms with van der Waals surface area (Å²) < 4.78 is 11.6. The summed E-state index contributed by atoms with van der Waals surface area (Å²) in [5.41, 5.74) is 1.80. The van der Waals surface area contributed by atoms with Crippen molar-refractivity contribution in [2.24, 2.45) is 0 Å². The maximum Gasteiger partial charge on any atom is 0.376 e. The Kier molecular flexibility index (Phi) is 3.88. The second-order valence-corrected chi connectivity index (χ2v) is 6.76. The van der Waals surface area contributed by atoms with Gasteiger partial charge in [-0.1, -0.05) is 28.1 Å². The first-order valence-corrected chi connectivity index (χ1v) is 8.57. The molecule has 0 unspecified atom stereocenters. The summed E-state index contributed by atoms with van der Waals surface area (Å²) >= 11 is 3.38. The Hall–Kier alpha value is -2.93. The smallest absolute Gasteiger partial charge is 0.376 e. The van der Waals surface area contributed by atoms with Crippen LogP contribution in [-0.2, 0) is 4.74 Å². The van der Waals surface area contributed by atoms with E-state index in [-0.39, 0.29) is 5.76 Å². The number of imide groups is 1. The van der Waals surface area contributed by atoms with Crippen molar-refractivity contribution in [1.29, 1.82) is 0 Å². The highest BCUT2D eigenvalue weighted by Crippen LogP contribution is 2.29. The first-order valence-electron chi connectivity index (χ1n) is 7.78. The molecule has 0 bridgehead atoms. The van der Waals surface area contributed by atoms with Crippen LogP contribution in [0.1, 0.15) is 36.8 Å². The highest BCUT2D eigenvalue weighted by atomic mass is 79.9. The van der Waals surface area contributed by atoms with Crippen molar-refractivity contribution in [3.63, 3.8) is 0 Å². The van der Waals surface area contributed by atoms with E-state index < -0.39 is 24.5 Å². The summed E-state index contributed by atoms with van der Waals surface area (Å²) in [6, 6.07) is 11.9. The van der Waals surface area contributed by atoms with E-state index in [1.54, 1.807) is 43.3 Å². The molecule has 0 spiro atoms. The van der Waals surface area contributed by atoms with Gasteiger partial charge in [0.15, 0.2) is 6.73 Å². The molecule has 130 valence electrons. The molecule has 0 saturated heterocycles. The Morgan fingerprint density at radius 3 is 2.42 bits per heavy atom. The Morgan fingerprint density at radius 1 is 1.12 bits per heavy atom. The van der Waals surface area contributed by atoms with Crippen molar-refractivity contribution < 1.29 is 23.5 Å². The molecule has 0 radical (unpaired) electrons. The molecular formula is C19H12BrNO5. The van der Waals surface area contributed by atoms with Gasteiger partial charge in [-0.2, -0.15) is 0 Å². The molecule has 3 aromatic rings. The fraction of sp³-hybridized carbons (Fsp3) is 0.105. The summed E-state index contributed by atoms with van der Waals surface area (Å²) in [6.07, 6.45) is 0. The summed E-state index contributed by atoms with van der Waals surface area (Å²) in [4.78, 5) is 37.9. The van der Waals surface area contributed by atoms with E-state index >= 15 is 0 Å². The van der Waals surface area contributed by atoms with Crippen molar-refractivity contribution in [2.75, 3.05) is 6.73 Å². The molecule has 0 saturated carbocycles. The van der Waals surface area contributed by atoms with Crippen LogP contribution in [0.4, 0.5) is 0 Å². The van der Waals surface area contributed by atoms with Gasteiger partial charge in [0.25, 0.3) is 11.8 Å². The SMILES string of the molecule is Cc1c(C(=O)OCN2C(=O)c3ccccc3C2=O)oc2ccc(Br)cc12. The predicted octanol–water partition coefficient (Wildman–Crippen LogP) is 3.91. The molecular weight excluding hydrogens is 402 g/mol.